The normalized spacial score (nSPS) is 9.93. The lowest BCUT2D eigenvalue weighted by Crippen LogP contribution is -2.02. The fourth-order valence-corrected chi connectivity index (χ4v) is 1.25. The number of nitrogens with zero attached hydrogens (tertiary/aromatic N) is 2. The first kappa shape index (κ1) is 9.51. The highest BCUT2D eigenvalue weighted by Crippen LogP contribution is 2.09. The van der Waals surface area contributed by atoms with Crippen molar-refractivity contribution in [2.45, 2.75) is 6.54 Å². The number of aromatic amines is 1. The van der Waals surface area contributed by atoms with Gasteiger partial charge in [-0.2, -0.15) is 0 Å². The van der Waals surface area contributed by atoms with Gasteiger partial charge in [0.1, 0.15) is 18.0 Å². The van der Waals surface area contributed by atoms with Crippen LogP contribution in [0.3, 0.4) is 0 Å². The van der Waals surface area contributed by atoms with Crippen molar-refractivity contribution in [3.05, 3.63) is 36.4 Å². The van der Waals surface area contributed by atoms with Crippen LogP contribution in [-0.4, -0.2) is 22.0 Å². The van der Waals surface area contributed by atoms with Crippen molar-refractivity contribution in [2.75, 3.05) is 17.7 Å². The van der Waals surface area contributed by atoms with E-state index in [0.29, 0.717) is 0 Å². The van der Waals surface area contributed by atoms with E-state index in [0.717, 1.165) is 18.2 Å². The molecule has 5 nitrogen and oxygen atoms in total. The van der Waals surface area contributed by atoms with Crippen LogP contribution in [0.2, 0.25) is 0 Å². The number of hydrogen-bond acceptors (Lipinski definition) is 4. The molecule has 0 saturated carbocycles. The molecule has 0 bridgehead atoms. The summed E-state index contributed by atoms with van der Waals surface area (Å²) in [6.45, 7) is 0.754. The van der Waals surface area contributed by atoms with E-state index >= 15 is 0 Å². The van der Waals surface area contributed by atoms with Crippen molar-refractivity contribution in [2.24, 2.45) is 0 Å². The molecule has 2 aromatic heterocycles. The van der Waals surface area contributed by atoms with Crippen molar-refractivity contribution in [3.8, 4) is 0 Å². The van der Waals surface area contributed by atoms with Crippen LogP contribution in [-0.2, 0) is 6.54 Å². The van der Waals surface area contributed by atoms with E-state index in [1.807, 2.05) is 31.6 Å². The van der Waals surface area contributed by atoms with Crippen molar-refractivity contribution >= 4 is 11.6 Å². The van der Waals surface area contributed by atoms with Crippen LogP contribution in [0.25, 0.3) is 0 Å². The molecule has 0 fully saturated rings. The molecular weight excluding hydrogens is 190 g/mol. The minimum atomic E-state index is 0.754. The summed E-state index contributed by atoms with van der Waals surface area (Å²) in [6, 6.07) is 3.89. The predicted molar refractivity (Wildman–Crippen MR) is 59.7 cm³/mol. The predicted octanol–water partition coefficient (Wildman–Crippen LogP) is 1.46. The summed E-state index contributed by atoms with van der Waals surface area (Å²) >= 11 is 0. The van der Waals surface area contributed by atoms with E-state index in [4.69, 9.17) is 0 Å². The minimum Gasteiger partial charge on any atom is -0.373 e. The SMILES string of the molecule is CNc1cc(NCc2cc[nH]c2)ncn1. The first-order chi connectivity index (χ1) is 7.38. The van der Waals surface area contributed by atoms with E-state index in [2.05, 4.69) is 25.6 Å². The fourth-order valence-electron chi connectivity index (χ4n) is 1.25. The zero-order valence-electron chi connectivity index (χ0n) is 8.49. The van der Waals surface area contributed by atoms with Gasteiger partial charge in [0.05, 0.1) is 0 Å². The third kappa shape index (κ3) is 2.46. The van der Waals surface area contributed by atoms with Gasteiger partial charge in [0, 0.05) is 32.1 Å². The van der Waals surface area contributed by atoms with Crippen LogP contribution in [0.15, 0.2) is 30.9 Å². The summed E-state index contributed by atoms with van der Waals surface area (Å²) < 4.78 is 0. The van der Waals surface area contributed by atoms with Gasteiger partial charge in [0.25, 0.3) is 0 Å². The largest absolute Gasteiger partial charge is 0.373 e. The quantitative estimate of drug-likeness (QED) is 0.703. The topological polar surface area (TPSA) is 65.6 Å². The second kappa shape index (κ2) is 4.45. The van der Waals surface area contributed by atoms with Crippen molar-refractivity contribution < 1.29 is 0 Å². The van der Waals surface area contributed by atoms with Crippen LogP contribution in [0.4, 0.5) is 11.6 Å². The Labute approximate surface area is 88.0 Å². The Morgan fingerprint density at radius 1 is 1.33 bits per heavy atom. The average molecular weight is 203 g/mol. The van der Waals surface area contributed by atoms with E-state index < -0.39 is 0 Å². The number of H-pyrrole nitrogens is 1. The zero-order valence-corrected chi connectivity index (χ0v) is 8.49. The Kier molecular flexibility index (Phi) is 2.82. The summed E-state index contributed by atoms with van der Waals surface area (Å²) in [6.07, 6.45) is 5.38. The number of hydrogen-bond donors (Lipinski definition) is 3. The van der Waals surface area contributed by atoms with Crippen molar-refractivity contribution in [1.29, 1.82) is 0 Å². The minimum absolute atomic E-state index is 0.754. The van der Waals surface area contributed by atoms with Crippen LogP contribution in [0, 0.1) is 0 Å². The maximum absolute atomic E-state index is 4.11. The van der Waals surface area contributed by atoms with Crippen LogP contribution < -0.4 is 10.6 Å². The molecule has 15 heavy (non-hydrogen) atoms. The molecule has 2 rings (SSSR count). The molecule has 0 aliphatic heterocycles. The molecule has 0 aromatic carbocycles. The molecule has 0 aliphatic carbocycles. The van der Waals surface area contributed by atoms with E-state index in [-0.39, 0.29) is 0 Å². The number of anilines is 2. The highest BCUT2D eigenvalue weighted by Gasteiger charge is 1.97. The third-order valence-electron chi connectivity index (χ3n) is 2.06. The van der Waals surface area contributed by atoms with Gasteiger partial charge in [0.15, 0.2) is 0 Å². The first-order valence-electron chi connectivity index (χ1n) is 4.74. The second-order valence-electron chi connectivity index (χ2n) is 3.11. The van der Waals surface area contributed by atoms with E-state index in [1.165, 1.54) is 11.9 Å². The maximum atomic E-state index is 4.11. The van der Waals surface area contributed by atoms with Crippen LogP contribution >= 0.6 is 0 Å². The third-order valence-corrected chi connectivity index (χ3v) is 2.06. The Balaban J connectivity index is 1.98. The Hall–Kier alpha value is -2.04. The number of nitrogens with one attached hydrogen (secondary N) is 3. The summed E-state index contributed by atoms with van der Waals surface area (Å²) in [5, 5.41) is 6.17. The summed E-state index contributed by atoms with van der Waals surface area (Å²) in [5.74, 6) is 1.62. The highest BCUT2D eigenvalue weighted by molar-refractivity contribution is 5.46. The van der Waals surface area contributed by atoms with Gasteiger partial charge in [-0.15, -0.1) is 0 Å². The lowest BCUT2D eigenvalue weighted by molar-refractivity contribution is 1.08. The average Bonchev–Trinajstić information content (AvgIpc) is 2.79. The van der Waals surface area contributed by atoms with Gasteiger partial charge in [-0.25, -0.2) is 9.97 Å². The fraction of sp³-hybridized carbons (Fsp3) is 0.200. The molecule has 2 heterocycles. The molecule has 0 radical (unpaired) electrons. The van der Waals surface area contributed by atoms with Crippen LogP contribution in [0.1, 0.15) is 5.56 Å². The van der Waals surface area contributed by atoms with Crippen molar-refractivity contribution in [1.82, 2.24) is 15.0 Å². The lowest BCUT2D eigenvalue weighted by atomic mass is 10.3. The molecule has 5 heteroatoms. The standard InChI is InChI=1S/C10H13N5/c1-11-9-4-10(15-7-14-9)13-6-8-2-3-12-5-8/h2-5,7,12H,6H2,1H3,(H2,11,13,14,15). The van der Waals surface area contributed by atoms with Gasteiger partial charge >= 0.3 is 0 Å². The zero-order chi connectivity index (χ0) is 10.5. The summed E-state index contributed by atoms with van der Waals surface area (Å²) in [7, 11) is 1.83. The Morgan fingerprint density at radius 2 is 2.20 bits per heavy atom. The summed E-state index contributed by atoms with van der Waals surface area (Å²) in [5.41, 5.74) is 1.19. The molecule has 0 spiro atoms. The van der Waals surface area contributed by atoms with Gasteiger partial charge in [-0.3, -0.25) is 0 Å². The Morgan fingerprint density at radius 3 is 2.93 bits per heavy atom. The van der Waals surface area contributed by atoms with Gasteiger partial charge in [0.2, 0.25) is 0 Å². The molecule has 0 unspecified atom stereocenters. The molecule has 0 amide bonds. The second-order valence-corrected chi connectivity index (χ2v) is 3.11. The molecule has 0 saturated heterocycles. The molecule has 0 aliphatic rings. The number of rotatable bonds is 4. The van der Waals surface area contributed by atoms with Crippen LogP contribution in [0.5, 0.6) is 0 Å². The van der Waals surface area contributed by atoms with E-state index in [9.17, 15) is 0 Å². The molecule has 0 atom stereocenters. The molecule has 2 aromatic rings. The maximum Gasteiger partial charge on any atom is 0.131 e. The first-order valence-corrected chi connectivity index (χ1v) is 4.74. The smallest absolute Gasteiger partial charge is 0.131 e. The molecular formula is C10H13N5. The highest BCUT2D eigenvalue weighted by atomic mass is 15.1. The summed E-state index contributed by atoms with van der Waals surface area (Å²) in [4.78, 5) is 11.2. The Bertz CT molecular complexity index is 410. The van der Waals surface area contributed by atoms with Gasteiger partial charge < -0.3 is 15.6 Å². The number of aromatic nitrogens is 3. The van der Waals surface area contributed by atoms with Crippen molar-refractivity contribution in [3.63, 3.8) is 0 Å². The van der Waals surface area contributed by atoms with Gasteiger partial charge in [-0.05, 0) is 11.6 Å². The molecule has 3 N–H and O–H groups in total. The van der Waals surface area contributed by atoms with Gasteiger partial charge in [-0.1, -0.05) is 0 Å². The van der Waals surface area contributed by atoms with E-state index in [1.54, 1.807) is 0 Å². The lowest BCUT2D eigenvalue weighted by Gasteiger charge is -2.05. The molecule has 78 valence electrons. The monoisotopic (exact) mass is 203 g/mol.